The van der Waals surface area contributed by atoms with Crippen molar-refractivity contribution >= 4 is 11.9 Å². The highest BCUT2D eigenvalue weighted by Crippen LogP contribution is 2.40. The number of nitrogens with one attached hydrogen (secondary N) is 2. The number of H-pyrrole nitrogens is 1. The molecule has 31 heavy (non-hydrogen) atoms. The summed E-state index contributed by atoms with van der Waals surface area (Å²) in [7, 11) is 0. The van der Waals surface area contributed by atoms with E-state index in [1.165, 1.54) is 0 Å². The molecule has 0 bridgehead atoms. The van der Waals surface area contributed by atoms with Gasteiger partial charge in [-0.1, -0.05) is 11.6 Å². The quantitative estimate of drug-likeness (QED) is 0.594. The first-order valence-corrected chi connectivity index (χ1v) is 11.2. The number of tetrazole rings is 1. The lowest BCUT2D eigenvalue weighted by molar-refractivity contribution is -0.156. The molecule has 0 radical (unpaired) electrons. The lowest BCUT2D eigenvalue weighted by Crippen LogP contribution is -2.50. The van der Waals surface area contributed by atoms with Gasteiger partial charge in [0, 0.05) is 15.6 Å². The second-order valence-electron chi connectivity index (χ2n) is 9.75. The molecule has 1 aliphatic carbocycles. The fraction of sp³-hybridized carbons (Fsp3) is 0.864. The molecule has 0 amide bonds. The Balaban J connectivity index is 1.55. The van der Waals surface area contributed by atoms with Crippen molar-refractivity contribution < 1.29 is 23.2 Å². The van der Waals surface area contributed by atoms with Crippen molar-refractivity contribution in [2.75, 3.05) is 13.1 Å². The fourth-order valence-corrected chi connectivity index (χ4v) is 4.13. The molecule has 1 aromatic rings. The largest absolute Gasteiger partial charge is 0.465 e. The van der Waals surface area contributed by atoms with E-state index in [0.717, 1.165) is 19.3 Å². The van der Waals surface area contributed by atoms with Crippen LogP contribution in [-0.2, 0) is 25.5 Å². The minimum absolute atomic E-state index is 0.103. The van der Waals surface area contributed by atoms with E-state index < -0.39 is 30.0 Å². The second-order valence-corrected chi connectivity index (χ2v) is 9.75. The molecular formula is C22H37N5O4. The summed E-state index contributed by atoms with van der Waals surface area (Å²) in [6.07, 6.45) is 3.81. The maximum atomic E-state index is 12.9. The zero-order valence-electron chi connectivity index (χ0n) is 21.9. The molecule has 9 heteroatoms. The summed E-state index contributed by atoms with van der Waals surface area (Å²) in [5, 5.41) is 16.6. The van der Waals surface area contributed by atoms with Crippen LogP contribution in [0.3, 0.4) is 0 Å². The first-order valence-electron chi connectivity index (χ1n) is 12.7. The average molecular weight is 439 g/mol. The Morgan fingerprint density at radius 3 is 2.81 bits per heavy atom. The van der Waals surface area contributed by atoms with Gasteiger partial charge in [-0.15, -0.1) is 10.2 Å². The molecule has 2 heterocycles. The highest BCUT2D eigenvalue weighted by molar-refractivity contribution is 5.76. The SMILES string of the molecule is [2H]C1([2H])N[C@]([2H])(C(=O)O[C@H](C)CCOC(=O)C(C)(C)C)C[C@H]2C[C@@H](CCc3nn[nH]n3)CC[C@H]21. The number of piperidine rings is 1. The van der Waals surface area contributed by atoms with Crippen LogP contribution >= 0.6 is 0 Å². The number of fused-ring (bicyclic) bond motifs is 1. The van der Waals surface area contributed by atoms with Crippen LogP contribution in [0, 0.1) is 23.2 Å². The van der Waals surface area contributed by atoms with Gasteiger partial charge in [0.1, 0.15) is 12.1 Å². The number of carbonyl (C=O) groups excluding carboxylic acids is 2. The average Bonchev–Trinajstić information content (AvgIpc) is 3.24. The molecule has 1 saturated heterocycles. The molecule has 1 saturated carbocycles. The number of carbonyl (C=O) groups is 2. The lowest BCUT2D eigenvalue weighted by Gasteiger charge is -2.42. The van der Waals surface area contributed by atoms with Gasteiger partial charge in [-0.3, -0.25) is 9.59 Å². The third-order valence-electron chi connectivity index (χ3n) is 6.06. The minimum Gasteiger partial charge on any atom is -0.465 e. The number of aryl methyl sites for hydroxylation is 1. The Kier molecular flexibility index (Phi) is 6.67. The van der Waals surface area contributed by atoms with E-state index in [-0.39, 0.29) is 30.8 Å². The molecule has 9 nitrogen and oxygen atoms in total. The Bertz CT molecular complexity index is 848. The molecule has 2 N–H and O–H groups in total. The summed E-state index contributed by atoms with van der Waals surface area (Å²) in [5.41, 5.74) is -0.608. The maximum Gasteiger partial charge on any atom is 0.323 e. The van der Waals surface area contributed by atoms with Gasteiger partial charge in [-0.05, 0) is 77.6 Å². The highest BCUT2D eigenvalue weighted by atomic mass is 16.6. The number of esters is 2. The monoisotopic (exact) mass is 438 g/mol. The van der Waals surface area contributed by atoms with E-state index >= 15 is 0 Å². The Morgan fingerprint density at radius 2 is 2.10 bits per heavy atom. The Hall–Kier alpha value is -2.03. The maximum absolute atomic E-state index is 12.9. The van der Waals surface area contributed by atoms with Crippen molar-refractivity contribution in [3.63, 3.8) is 0 Å². The third-order valence-corrected chi connectivity index (χ3v) is 6.06. The standard InChI is InChI=1S/C22H37N5O4/c1-14(9-10-30-21(29)22(2,3)4)31-20(28)18-12-17-11-15(5-7-16(17)13-23-18)6-8-19-24-26-27-25-19/h14-18,23H,5-13H2,1-4H3,(H,24,25,26,27)/t14-,15-,16+,17-,18+/m1/s1/i13D2,18D. The number of aromatic nitrogens is 4. The van der Waals surface area contributed by atoms with E-state index in [9.17, 15) is 9.59 Å². The number of ether oxygens (including phenoxy) is 2. The normalized spacial score (nSPS) is 32.6. The van der Waals surface area contributed by atoms with E-state index in [2.05, 4.69) is 25.9 Å². The summed E-state index contributed by atoms with van der Waals surface area (Å²) in [6.45, 7) is 5.24. The minimum atomic E-state index is -1.86. The van der Waals surface area contributed by atoms with Crippen molar-refractivity contribution in [3.05, 3.63) is 5.82 Å². The number of nitrogens with zero attached hydrogens (tertiary/aromatic N) is 3. The Morgan fingerprint density at radius 1 is 1.29 bits per heavy atom. The van der Waals surface area contributed by atoms with Gasteiger partial charge in [0.05, 0.1) is 13.4 Å². The lowest BCUT2D eigenvalue weighted by atomic mass is 9.69. The summed E-state index contributed by atoms with van der Waals surface area (Å²) < 4.78 is 36.5. The van der Waals surface area contributed by atoms with Gasteiger partial charge in [-0.25, -0.2) is 0 Å². The molecular weight excluding hydrogens is 398 g/mol. The summed E-state index contributed by atoms with van der Waals surface area (Å²) >= 11 is 0. The predicted octanol–water partition coefficient (Wildman–Crippen LogP) is 2.44. The number of hydrogen-bond acceptors (Lipinski definition) is 8. The molecule has 0 aromatic carbocycles. The van der Waals surface area contributed by atoms with Gasteiger partial charge in [-0.2, -0.15) is 5.21 Å². The zero-order valence-corrected chi connectivity index (χ0v) is 18.9. The molecule has 1 aromatic heterocycles. The van der Waals surface area contributed by atoms with Gasteiger partial charge in [0.15, 0.2) is 5.82 Å². The molecule has 0 spiro atoms. The first kappa shape index (κ1) is 19.6. The summed E-state index contributed by atoms with van der Waals surface area (Å²) in [5.74, 6) is -0.475. The highest BCUT2D eigenvalue weighted by Gasteiger charge is 2.38. The molecule has 2 fully saturated rings. The number of rotatable bonds is 8. The zero-order chi connectivity index (χ0) is 25.1. The molecule has 174 valence electrons. The van der Waals surface area contributed by atoms with Crippen molar-refractivity contribution in [2.45, 2.75) is 84.8 Å². The molecule has 2 aliphatic rings. The molecule has 1 aliphatic heterocycles. The van der Waals surface area contributed by atoms with E-state index in [1.54, 1.807) is 27.7 Å². The first-order chi connectivity index (χ1) is 15.8. The predicted molar refractivity (Wildman–Crippen MR) is 114 cm³/mol. The number of aromatic amines is 1. The molecule has 0 unspecified atom stereocenters. The Labute approximate surface area is 188 Å². The van der Waals surface area contributed by atoms with Crippen molar-refractivity contribution in [1.82, 2.24) is 25.9 Å². The van der Waals surface area contributed by atoms with Crippen LogP contribution in [-0.4, -0.2) is 57.8 Å². The third kappa shape index (κ3) is 6.98. The van der Waals surface area contributed by atoms with E-state index in [0.29, 0.717) is 31.0 Å². The number of hydrogen-bond donors (Lipinski definition) is 2. The van der Waals surface area contributed by atoms with Crippen LogP contribution in [0.5, 0.6) is 0 Å². The van der Waals surface area contributed by atoms with Crippen LogP contribution in [0.4, 0.5) is 0 Å². The van der Waals surface area contributed by atoms with Crippen LogP contribution < -0.4 is 5.32 Å². The van der Waals surface area contributed by atoms with Crippen LogP contribution in [0.2, 0.25) is 0 Å². The second kappa shape index (κ2) is 10.5. The molecule has 5 atom stereocenters. The van der Waals surface area contributed by atoms with Gasteiger partial charge in [0.25, 0.3) is 0 Å². The van der Waals surface area contributed by atoms with Crippen molar-refractivity contribution in [1.29, 1.82) is 0 Å². The topological polar surface area (TPSA) is 119 Å². The van der Waals surface area contributed by atoms with Gasteiger partial charge < -0.3 is 14.8 Å². The van der Waals surface area contributed by atoms with Crippen molar-refractivity contribution in [2.24, 2.45) is 23.2 Å². The van der Waals surface area contributed by atoms with Gasteiger partial charge in [0.2, 0.25) is 0 Å². The summed E-state index contributed by atoms with van der Waals surface area (Å²) in [6, 6.07) is -1.86. The van der Waals surface area contributed by atoms with Gasteiger partial charge >= 0.3 is 11.9 Å². The summed E-state index contributed by atoms with van der Waals surface area (Å²) in [4.78, 5) is 24.8. The van der Waals surface area contributed by atoms with E-state index in [4.69, 9.17) is 13.6 Å². The smallest absolute Gasteiger partial charge is 0.323 e. The van der Waals surface area contributed by atoms with E-state index in [1.807, 2.05) is 0 Å². The fourth-order valence-electron chi connectivity index (χ4n) is 4.13. The van der Waals surface area contributed by atoms with Crippen LogP contribution in [0.15, 0.2) is 0 Å². The van der Waals surface area contributed by atoms with Crippen LogP contribution in [0.25, 0.3) is 0 Å². The molecule has 3 rings (SSSR count). The van der Waals surface area contributed by atoms with Crippen LogP contribution in [0.1, 0.15) is 76.2 Å². The van der Waals surface area contributed by atoms with Crippen molar-refractivity contribution in [3.8, 4) is 0 Å².